The van der Waals surface area contributed by atoms with Gasteiger partial charge in [-0.1, -0.05) is 27.7 Å². The van der Waals surface area contributed by atoms with Crippen LogP contribution >= 0.6 is 0 Å². The first-order valence-corrected chi connectivity index (χ1v) is 18.5. The van der Waals surface area contributed by atoms with Crippen molar-refractivity contribution in [2.24, 2.45) is 23.7 Å². The van der Waals surface area contributed by atoms with Gasteiger partial charge in [-0.2, -0.15) is 0 Å². The van der Waals surface area contributed by atoms with E-state index in [0.717, 1.165) is 0 Å². The molecule has 5 N–H and O–H groups in total. The molecule has 3 aliphatic rings. The van der Waals surface area contributed by atoms with Crippen LogP contribution in [-0.4, -0.2) is 142 Å². The van der Waals surface area contributed by atoms with Gasteiger partial charge in [0, 0.05) is 37.8 Å². The number of esters is 1. The summed E-state index contributed by atoms with van der Waals surface area (Å²) in [4.78, 5) is 16.0. The van der Waals surface area contributed by atoms with Crippen LogP contribution in [0.2, 0.25) is 0 Å². The summed E-state index contributed by atoms with van der Waals surface area (Å²) in [6, 6.07) is -0.283. The lowest BCUT2D eigenvalue weighted by Gasteiger charge is -2.49. The fraction of sp³-hybridized carbons (Fsp3) is 0.973. The van der Waals surface area contributed by atoms with Crippen LogP contribution < -0.4 is 0 Å². The van der Waals surface area contributed by atoms with E-state index in [9.17, 15) is 30.3 Å². The number of cyclic esters (lactones) is 1. The first kappa shape index (κ1) is 43.4. The first-order chi connectivity index (χ1) is 23.0. The molecule has 294 valence electrons. The molecule has 0 aromatic carbocycles. The van der Waals surface area contributed by atoms with Gasteiger partial charge in [-0.05, 0) is 80.8 Å². The highest BCUT2D eigenvalue weighted by Crippen LogP contribution is 2.41. The van der Waals surface area contributed by atoms with E-state index < -0.39 is 95.6 Å². The van der Waals surface area contributed by atoms with Crippen molar-refractivity contribution in [1.29, 1.82) is 0 Å². The Balaban J connectivity index is 2.17. The number of aliphatic hydroxyl groups excluding tert-OH is 3. The molecule has 0 aromatic heterocycles. The Labute approximate surface area is 299 Å². The summed E-state index contributed by atoms with van der Waals surface area (Å²) >= 11 is 0. The third-order valence-electron chi connectivity index (χ3n) is 11.8. The van der Waals surface area contributed by atoms with Gasteiger partial charge in [-0.3, -0.25) is 4.79 Å². The second-order valence-corrected chi connectivity index (χ2v) is 16.7. The van der Waals surface area contributed by atoms with Crippen LogP contribution in [0, 0.1) is 23.7 Å². The van der Waals surface area contributed by atoms with Gasteiger partial charge in [0.05, 0.1) is 53.7 Å². The lowest BCUT2D eigenvalue weighted by Crippen LogP contribution is -2.61. The molecule has 13 heteroatoms. The van der Waals surface area contributed by atoms with E-state index in [1.165, 1.54) is 6.92 Å². The van der Waals surface area contributed by atoms with E-state index in [0.29, 0.717) is 19.3 Å². The van der Waals surface area contributed by atoms with Crippen molar-refractivity contribution in [1.82, 2.24) is 4.90 Å². The van der Waals surface area contributed by atoms with Gasteiger partial charge < -0.3 is 58.9 Å². The minimum Gasteiger partial charge on any atom is -0.459 e. The zero-order valence-electron chi connectivity index (χ0n) is 32.7. The summed E-state index contributed by atoms with van der Waals surface area (Å²) in [6.07, 6.45) is -7.52. The summed E-state index contributed by atoms with van der Waals surface area (Å²) in [7, 11) is 5.39. The number of hydrogen-bond acceptors (Lipinski definition) is 13. The molecular weight excluding hydrogens is 650 g/mol. The van der Waals surface area contributed by atoms with Crippen molar-refractivity contribution >= 4 is 5.97 Å². The van der Waals surface area contributed by atoms with Crippen molar-refractivity contribution in [3.63, 3.8) is 0 Å². The third-order valence-corrected chi connectivity index (χ3v) is 11.8. The quantitative estimate of drug-likeness (QED) is 0.243. The van der Waals surface area contributed by atoms with Crippen molar-refractivity contribution in [3.8, 4) is 0 Å². The second kappa shape index (κ2) is 17.0. The molecule has 0 aliphatic carbocycles. The Morgan fingerprint density at radius 3 is 2.04 bits per heavy atom. The van der Waals surface area contributed by atoms with E-state index >= 15 is 0 Å². The van der Waals surface area contributed by atoms with Crippen molar-refractivity contribution < 1.29 is 58.7 Å². The average Bonchev–Trinajstić information content (AvgIpc) is 3.02. The number of carbonyl (C=O) groups is 1. The summed E-state index contributed by atoms with van der Waals surface area (Å²) in [6.45, 7) is 17.4. The molecule has 3 aliphatic heterocycles. The number of carbonyl (C=O) groups excluding carboxylic acids is 1. The predicted octanol–water partition coefficient (Wildman–Crippen LogP) is 2.61. The summed E-state index contributed by atoms with van der Waals surface area (Å²) in [5.74, 6) is -3.86. The zero-order chi connectivity index (χ0) is 38.1. The highest BCUT2D eigenvalue weighted by Gasteiger charge is 2.52. The summed E-state index contributed by atoms with van der Waals surface area (Å²) < 4.78 is 37.6. The number of aliphatic hydroxyl groups is 5. The lowest BCUT2D eigenvalue weighted by molar-refractivity contribution is -0.311. The van der Waals surface area contributed by atoms with E-state index in [1.54, 1.807) is 41.7 Å². The zero-order valence-corrected chi connectivity index (χ0v) is 32.7. The van der Waals surface area contributed by atoms with Crippen LogP contribution in [0.5, 0.6) is 0 Å². The van der Waals surface area contributed by atoms with Crippen LogP contribution in [0.3, 0.4) is 0 Å². The maximum absolute atomic E-state index is 14.1. The van der Waals surface area contributed by atoms with E-state index in [4.69, 9.17) is 28.4 Å². The Morgan fingerprint density at radius 1 is 0.860 bits per heavy atom. The van der Waals surface area contributed by atoms with Gasteiger partial charge in [0.1, 0.15) is 17.8 Å². The number of likely N-dealkylation sites (N-methyl/N-ethyl adjacent to an activating group) is 1. The molecule has 0 spiro atoms. The number of hydrogen-bond donors (Lipinski definition) is 5. The molecular formula is C37H69NO12. The molecule has 0 unspecified atom stereocenters. The fourth-order valence-corrected chi connectivity index (χ4v) is 8.64. The Kier molecular flexibility index (Phi) is 14.8. The Morgan fingerprint density at radius 2 is 1.48 bits per heavy atom. The minimum absolute atomic E-state index is 0.000678. The molecule has 3 fully saturated rings. The van der Waals surface area contributed by atoms with Gasteiger partial charge >= 0.3 is 5.97 Å². The second-order valence-electron chi connectivity index (χ2n) is 16.7. The topological polar surface area (TPSA) is 177 Å². The highest BCUT2D eigenvalue weighted by atomic mass is 16.7. The number of rotatable bonds is 7. The molecule has 50 heavy (non-hydrogen) atoms. The molecule has 0 amide bonds. The SMILES string of the molecule is CC[C@H]1OC(=O)[C@H](C)[C@@H](O[C@H]2C[C@@](C)(OC)C[C@H](C)O2)[C@H](C)[C@@H](O[C@@H]2O[C@H](C)C[C@H](N(C)C)[C@H]2O)[C@](C)(O)C[C@@H](C)[C@H](O)[C@H](C)[C@@H](O)[C@]1(C)O. The molecule has 3 saturated heterocycles. The summed E-state index contributed by atoms with van der Waals surface area (Å²) in [5, 5.41) is 58.4. The smallest absolute Gasteiger partial charge is 0.311 e. The van der Waals surface area contributed by atoms with Gasteiger partial charge in [-0.15, -0.1) is 0 Å². The van der Waals surface area contributed by atoms with Gasteiger partial charge in [0.25, 0.3) is 0 Å². The normalized spacial score (nSPS) is 50.5. The lowest BCUT2D eigenvalue weighted by atomic mass is 9.73. The first-order valence-electron chi connectivity index (χ1n) is 18.5. The Hall–Kier alpha value is -0.970. The molecule has 0 bridgehead atoms. The summed E-state index contributed by atoms with van der Waals surface area (Å²) in [5.41, 5.74) is -4.14. The van der Waals surface area contributed by atoms with Gasteiger partial charge in [0.2, 0.25) is 0 Å². The minimum atomic E-state index is -1.90. The van der Waals surface area contributed by atoms with Crippen LogP contribution in [0.1, 0.15) is 101 Å². The fourth-order valence-electron chi connectivity index (χ4n) is 8.64. The number of ether oxygens (including phenoxy) is 6. The standard InChI is InChI=1S/C37H69NO12/c1-14-26-37(10,44)31(41)22(5)28(39)19(2)16-36(9,43)32(50-34-29(40)25(38(11)12)15-20(3)47-34)23(6)30(24(7)33(42)48-26)49-27-18-35(8,45-13)17-21(4)46-27/h19-32,34,39-41,43-44H,14-18H2,1-13H3/t19-,20-,21+,22+,23+,24-,25+,26-,27+,28+,29-,30+,31-,32-,34+,35+,36-,37-/m1/s1. The van der Waals surface area contributed by atoms with Gasteiger partial charge in [0.15, 0.2) is 12.6 Å². The molecule has 3 heterocycles. The number of nitrogens with zero attached hydrogens (tertiary/aromatic N) is 1. The van der Waals surface area contributed by atoms with E-state index in [-0.39, 0.29) is 31.1 Å². The molecule has 0 saturated carbocycles. The largest absolute Gasteiger partial charge is 0.459 e. The highest BCUT2D eigenvalue weighted by molar-refractivity contribution is 5.73. The Bertz CT molecular complexity index is 1090. The monoisotopic (exact) mass is 719 g/mol. The van der Waals surface area contributed by atoms with Crippen LogP contribution in [-0.2, 0) is 33.2 Å². The molecule has 0 radical (unpaired) electrons. The maximum Gasteiger partial charge on any atom is 0.311 e. The van der Waals surface area contributed by atoms with Crippen LogP contribution in [0.4, 0.5) is 0 Å². The van der Waals surface area contributed by atoms with Crippen LogP contribution in [0.25, 0.3) is 0 Å². The van der Waals surface area contributed by atoms with Crippen LogP contribution in [0.15, 0.2) is 0 Å². The molecule has 3 rings (SSSR count). The van der Waals surface area contributed by atoms with Gasteiger partial charge in [-0.25, -0.2) is 0 Å². The van der Waals surface area contributed by atoms with Crippen molar-refractivity contribution in [2.45, 2.75) is 186 Å². The maximum atomic E-state index is 14.1. The third kappa shape index (κ3) is 9.76. The molecule has 13 nitrogen and oxygen atoms in total. The average molecular weight is 720 g/mol. The predicted molar refractivity (Wildman–Crippen MR) is 186 cm³/mol. The van der Waals surface area contributed by atoms with E-state index in [1.807, 2.05) is 46.7 Å². The van der Waals surface area contributed by atoms with E-state index in [2.05, 4.69) is 0 Å². The molecule has 18 atom stereocenters. The van der Waals surface area contributed by atoms with Crippen molar-refractivity contribution in [2.75, 3.05) is 21.2 Å². The number of methoxy groups -OCH3 is 1. The molecule has 0 aromatic rings. The van der Waals surface area contributed by atoms with Crippen molar-refractivity contribution in [3.05, 3.63) is 0 Å².